The second kappa shape index (κ2) is 8.00. The maximum absolute atomic E-state index is 12.4. The molecule has 32 heavy (non-hydrogen) atoms. The molecule has 0 saturated carbocycles. The Morgan fingerprint density at radius 1 is 1.00 bits per heavy atom. The molecule has 2 aromatic carbocycles. The molecule has 0 spiro atoms. The van der Waals surface area contributed by atoms with Crippen molar-refractivity contribution in [3.05, 3.63) is 63.8 Å². The zero-order chi connectivity index (χ0) is 23.3. The molecule has 0 amide bonds. The van der Waals surface area contributed by atoms with E-state index in [-0.39, 0.29) is 11.3 Å². The number of fused-ring (bicyclic) bond motifs is 3. The van der Waals surface area contributed by atoms with Crippen LogP contribution < -0.4 is 14.5 Å². The van der Waals surface area contributed by atoms with E-state index in [1.54, 1.807) is 42.6 Å². The average Bonchev–Trinajstić information content (AvgIpc) is 3.17. The zero-order valence-corrected chi connectivity index (χ0v) is 19.8. The van der Waals surface area contributed by atoms with Gasteiger partial charge in [-0.3, -0.25) is 4.79 Å². The summed E-state index contributed by atoms with van der Waals surface area (Å²) in [7, 11) is -7.19. The summed E-state index contributed by atoms with van der Waals surface area (Å²) in [5, 5.41) is 3.16. The third-order valence-electron chi connectivity index (χ3n) is 4.89. The topological polar surface area (TPSA) is 122 Å². The van der Waals surface area contributed by atoms with Gasteiger partial charge < -0.3 is 9.17 Å². The van der Waals surface area contributed by atoms with Crippen LogP contribution in [0.2, 0.25) is 0 Å². The Balaban J connectivity index is 1.96. The fourth-order valence-electron chi connectivity index (χ4n) is 3.68. The fourth-order valence-corrected chi connectivity index (χ4v) is 5.71. The molecule has 0 aliphatic rings. The molecule has 1 atom stereocenters. The lowest BCUT2D eigenvalue weighted by Crippen LogP contribution is -2.25. The molecule has 168 valence electrons. The third-order valence-corrected chi connectivity index (χ3v) is 7.06. The van der Waals surface area contributed by atoms with Crippen molar-refractivity contribution in [2.75, 3.05) is 12.5 Å². The van der Waals surface area contributed by atoms with Crippen molar-refractivity contribution in [1.82, 2.24) is 9.71 Å². The van der Waals surface area contributed by atoms with Crippen LogP contribution in [0.15, 0.2) is 52.6 Å². The number of H-pyrrole nitrogens is 1. The number of sulfonamides is 1. The molecule has 11 heteroatoms. The molecule has 4 aromatic rings. The summed E-state index contributed by atoms with van der Waals surface area (Å²) < 4.78 is 55.3. The van der Waals surface area contributed by atoms with E-state index >= 15 is 0 Å². The van der Waals surface area contributed by atoms with E-state index in [0.29, 0.717) is 32.1 Å². The van der Waals surface area contributed by atoms with Crippen LogP contribution in [0.25, 0.3) is 32.1 Å². The molecule has 0 fully saturated rings. The predicted octanol–water partition coefficient (Wildman–Crippen LogP) is 3.36. The van der Waals surface area contributed by atoms with E-state index in [2.05, 4.69) is 9.71 Å². The van der Waals surface area contributed by atoms with Gasteiger partial charge in [-0.25, -0.2) is 13.1 Å². The van der Waals surface area contributed by atoms with Crippen LogP contribution >= 0.6 is 11.3 Å². The van der Waals surface area contributed by atoms with Gasteiger partial charge in [-0.05, 0) is 41.6 Å². The van der Waals surface area contributed by atoms with Crippen molar-refractivity contribution in [1.29, 1.82) is 0 Å². The van der Waals surface area contributed by atoms with Gasteiger partial charge in [0.2, 0.25) is 10.0 Å². The van der Waals surface area contributed by atoms with Gasteiger partial charge in [0.05, 0.1) is 12.5 Å². The maximum Gasteiger partial charge on any atom is 0.306 e. The SMILES string of the molecule is C[C@@H](NS(C)(=O)=O)c1ccc(-c2c(OS(C)(=O)=O)ccc3[nH]c(=O)c4sccc4c23)cc1. The number of aromatic amines is 1. The van der Waals surface area contributed by atoms with Crippen LogP contribution in [-0.2, 0) is 20.1 Å². The molecule has 4 rings (SSSR count). The summed E-state index contributed by atoms with van der Waals surface area (Å²) in [6, 6.07) is 11.6. The Morgan fingerprint density at radius 3 is 2.31 bits per heavy atom. The monoisotopic (exact) mass is 492 g/mol. The van der Waals surface area contributed by atoms with Gasteiger partial charge in [0.25, 0.3) is 5.56 Å². The summed E-state index contributed by atoms with van der Waals surface area (Å²) in [5.74, 6) is 0.134. The Labute approximate surface area is 189 Å². The minimum atomic E-state index is -3.81. The Kier molecular flexibility index (Phi) is 5.61. The van der Waals surface area contributed by atoms with Gasteiger partial charge in [-0.1, -0.05) is 24.3 Å². The second-order valence-electron chi connectivity index (χ2n) is 7.50. The first-order valence-electron chi connectivity index (χ1n) is 9.46. The minimum Gasteiger partial charge on any atom is -0.382 e. The van der Waals surface area contributed by atoms with Gasteiger partial charge in [0.1, 0.15) is 4.70 Å². The molecule has 2 aromatic heterocycles. The number of hydrogen-bond donors (Lipinski definition) is 2. The van der Waals surface area contributed by atoms with Crippen molar-refractivity contribution in [2.45, 2.75) is 13.0 Å². The second-order valence-corrected chi connectivity index (χ2v) is 11.8. The van der Waals surface area contributed by atoms with Crippen molar-refractivity contribution in [3.8, 4) is 16.9 Å². The average molecular weight is 493 g/mol. The third kappa shape index (κ3) is 4.56. The Morgan fingerprint density at radius 2 is 1.69 bits per heavy atom. The highest BCUT2D eigenvalue weighted by Gasteiger charge is 2.19. The smallest absolute Gasteiger partial charge is 0.306 e. The van der Waals surface area contributed by atoms with Crippen molar-refractivity contribution < 1.29 is 21.0 Å². The number of thiophene rings is 1. The van der Waals surface area contributed by atoms with E-state index in [1.807, 2.05) is 6.07 Å². The van der Waals surface area contributed by atoms with E-state index in [4.69, 9.17) is 4.18 Å². The van der Waals surface area contributed by atoms with Crippen molar-refractivity contribution in [3.63, 3.8) is 0 Å². The van der Waals surface area contributed by atoms with Crippen LogP contribution in [0.4, 0.5) is 0 Å². The van der Waals surface area contributed by atoms with Gasteiger partial charge in [-0.2, -0.15) is 8.42 Å². The number of hydrogen-bond acceptors (Lipinski definition) is 7. The molecule has 0 radical (unpaired) electrons. The first-order valence-corrected chi connectivity index (χ1v) is 14.0. The molecular weight excluding hydrogens is 472 g/mol. The first-order chi connectivity index (χ1) is 14.9. The largest absolute Gasteiger partial charge is 0.382 e. The summed E-state index contributed by atoms with van der Waals surface area (Å²) in [4.78, 5) is 15.3. The van der Waals surface area contributed by atoms with Crippen LogP contribution in [0.3, 0.4) is 0 Å². The highest BCUT2D eigenvalue weighted by molar-refractivity contribution is 7.88. The number of rotatable bonds is 6. The Hall–Kier alpha value is -2.73. The number of aromatic nitrogens is 1. The summed E-state index contributed by atoms with van der Waals surface area (Å²) in [5.41, 5.74) is 2.24. The fraction of sp³-hybridized carbons (Fsp3) is 0.190. The normalized spacial score (nSPS) is 13.5. The van der Waals surface area contributed by atoms with Crippen LogP contribution in [0.5, 0.6) is 5.75 Å². The summed E-state index contributed by atoms with van der Waals surface area (Å²) >= 11 is 1.30. The highest BCUT2D eigenvalue weighted by Crippen LogP contribution is 2.41. The first kappa shape index (κ1) is 22.5. The van der Waals surface area contributed by atoms with Gasteiger partial charge in [-0.15, -0.1) is 11.3 Å². The number of benzene rings is 2. The van der Waals surface area contributed by atoms with E-state index in [0.717, 1.165) is 18.1 Å². The van der Waals surface area contributed by atoms with Gasteiger partial charge >= 0.3 is 10.1 Å². The van der Waals surface area contributed by atoms with E-state index in [9.17, 15) is 21.6 Å². The molecule has 0 saturated heterocycles. The van der Waals surface area contributed by atoms with E-state index in [1.165, 1.54) is 17.4 Å². The quantitative estimate of drug-likeness (QED) is 0.398. The molecule has 0 aliphatic carbocycles. The lowest BCUT2D eigenvalue weighted by atomic mass is 9.96. The highest BCUT2D eigenvalue weighted by atomic mass is 32.2. The van der Waals surface area contributed by atoms with Crippen LogP contribution in [0, 0.1) is 0 Å². The predicted molar refractivity (Wildman–Crippen MR) is 127 cm³/mol. The Bertz CT molecular complexity index is 1600. The molecule has 0 aliphatic heterocycles. The number of nitrogens with one attached hydrogen (secondary N) is 2. The maximum atomic E-state index is 12.4. The molecule has 0 unspecified atom stereocenters. The number of pyridine rings is 1. The van der Waals surface area contributed by atoms with Gasteiger partial charge in [0.15, 0.2) is 5.75 Å². The van der Waals surface area contributed by atoms with Gasteiger partial charge in [0, 0.05) is 27.9 Å². The molecule has 2 heterocycles. The molecule has 0 bridgehead atoms. The summed E-state index contributed by atoms with van der Waals surface area (Å²) in [6.07, 6.45) is 2.06. The molecule has 8 nitrogen and oxygen atoms in total. The zero-order valence-electron chi connectivity index (χ0n) is 17.4. The van der Waals surface area contributed by atoms with Crippen molar-refractivity contribution >= 4 is 52.5 Å². The van der Waals surface area contributed by atoms with Crippen LogP contribution in [0.1, 0.15) is 18.5 Å². The summed E-state index contributed by atoms with van der Waals surface area (Å²) in [6.45, 7) is 1.73. The minimum absolute atomic E-state index is 0.134. The standard InChI is InChI=1S/C21H20N2O6S3/c1-12(23-31(2,25)26)13-4-6-14(7-5-13)18-17(29-32(3,27)28)9-8-16-19(18)15-10-11-30-20(15)21(24)22-16/h4-12,23H,1-3H3,(H,22,24)/t12-/m1/s1. The molecule has 2 N–H and O–H groups in total. The lowest BCUT2D eigenvalue weighted by Gasteiger charge is -2.16. The van der Waals surface area contributed by atoms with Crippen molar-refractivity contribution in [2.24, 2.45) is 0 Å². The van der Waals surface area contributed by atoms with Crippen LogP contribution in [-0.4, -0.2) is 34.3 Å². The van der Waals surface area contributed by atoms with E-state index < -0.39 is 26.2 Å². The lowest BCUT2D eigenvalue weighted by molar-refractivity contribution is 0.494. The molecular formula is C21H20N2O6S3.